The van der Waals surface area contributed by atoms with Gasteiger partial charge in [0.25, 0.3) is 0 Å². The van der Waals surface area contributed by atoms with Gasteiger partial charge in [0.1, 0.15) is 0 Å². The van der Waals surface area contributed by atoms with Crippen molar-refractivity contribution >= 4 is 5.97 Å². The molecule has 1 aliphatic rings. The van der Waals surface area contributed by atoms with Crippen LogP contribution in [0.25, 0.3) is 0 Å². The third-order valence-electron chi connectivity index (χ3n) is 2.91. The zero-order valence-electron chi connectivity index (χ0n) is 8.79. The number of carboxylic acid groups (broad SMARTS) is 1. The van der Waals surface area contributed by atoms with Crippen LogP contribution in [0.3, 0.4) is 0 Å². The average Bonchev–Trinajstić information content (AvgIpc) is 2.59. The maximum atomic E-state index is 11.0. The van der Waals surface area contributed by atoms with Crippen molar-refractivity contribution in [3.63, 3.8) is 0 Å². The lowest BCUT2D eigenvalue weighted by molar-refractivity contribution is 0.0695. The minimum atomic E-state index is -0.816. The van der Waals surface area contributed by atoms with Crippen molar-refractivity contribution in [2.75, 3.05) is 6.54 Å². The van der Waals surface area contributed by atoms with E-state index in [0.717, 1.165) is 24.9 Å². The predicted molar refractivity (Wildman–Crippen MR) is 58.3 cm³/mol. The normalized spacial score (nSPS) is 18.9. The van der Waals surface area contributed by atoms with E-state index in [0.29, 0.717) is 11.6 Å². The fraction of sp³-hybridized carbons (Fsp3) is 0.417. The van der Waals surface area contributed by atoms with Gasteiger partial charge in [-0.15, -0.1) is 0 Å². The summed E-state index contributed by atoms with van der Waals surface area (Å²) >= 11 is 0. The third-order valence-corrected chi connectivity index (χ3v) is 2.91. The van der Waals surface area contributed by atoms with Crippen molar-refractivity contribution in [1.82, 2.24) is 5.32 Å². The summed E-state index contributed by atoms with van der Waals surface area (Å²) in [5.41, 5.74) is 2.66. The van der Waals surface area contributed by atoms with Gasteiger partial charge < -0.3 is 10.4 Å². The molecule has 3 nitrogen and oxygen atoms in total. The first kappa shape index (κ1) is 10.2. The first-order valence-corrected chi connectivity index (χ1v) is 5.29. The molecule has 1 atom stereocenters. The second-order valence-electron chi connectivity index (χ2n) is 3.91. The highest BCUT2D eigenvalue weighted by molar-refractivity contribution is 5.90. The minimum Gasteiger partial charge on any atom is -0.478 e. The van der Waals surface area contributed by atoms with Crippen LogP contribution in [0.5, 0.6) is 0 Å². The highest BCUT2D eigenvalue weighted by atomic mass is 16.4. The summed E-state index contributed by atoms with van der Waals surface area (Å²) in [6.45, 7) is 3.00. The Balaban J connectivity index is 2.29. The number of aromatic carboxylic acids is 1. The van der Waals surface area contributed by atoms with Crippen LogP contribution in [0, 0.1) is 0 Å². The number of nitrogens with one attached hydrogen (secondary N) is 1. The molecule has 0 fully saturated rings. The molecule has 0 bridgehead atoms. The van der Waals surface area contributed by atoms with E-state index in [4.69, 9.17) is 5.11 Å². The van der Waals surface area contributed by atoms with Crippen LogP contribution in [-0.4, -0.2) is 23.7 Å². The van der Waals surface area contributed by atoms with Gasteiger partial charge in [0, 0.05) is 6.04 Å². The number of benzene rings is 1. The smallest absolute Gasteiger partial charge is 0.335 e. The van der Waals surface area contributed by atoms with E-state index in [2.05, 4.69) is 12.2 Å². The summed E-state index contributed by atoms with van der Waals surface area (Å²) in [6.07, 6.45) is 1.79. The lowest BCUT2D eigenvalue weighted by Crippen LogP contribution is -2.29. The third kappa shape index (κ3) is 1.88. The van der Waals surface area contributed by atoms with Gasteiger partial charge in [0.05, 0.1) is 5.56 Å². The van der Waals surface area contributed by atoms with Crippen LogP contribution in [0.1, 0.15) is 28.4 Å². The van der Waals surface area contributed by atoms with Gasteiger partial charge in [-0.1, -0.05) is 19.1 Å². The molecular formula is C12H15NO2. The molecule has 1 unspecified atom stereocenters. The summed E-state index contributed by atoms with van der Waals surface area (Å²) in [4.78, 5) is 11.0. The number of hydrogen-bond donors (Lipinski definition) is 2. The molecule has 0 saturated heterocycles. The molecule has 0 aliphatic heterocycles. The van der Waals surface area contributed by atoms with Crippen LogP contribution in [-0.2, 0) is 12.8 Å². The van der Waals surface area contributed by atoms with Crippen molar-refractivity contribution in [3.05, 3.63) is 34.9 Å². The van der Waals surface area contributed by atoms with Crippen molar-refractivity contribution in [2.24, 2.45) is 0 Å². The largest absolute Gasteiger partial charge is 0.478 e. The van der Waals surface area contributed by atoms with Crippen LogP contribution in [0.4, 0.5) is 0 Å². The van der Waals surface area contributed by atoms with E-state index >= 15 is 0 Å². The molecule has 80 valence electrons. The van der Waals surface area contributed by atoms with Crippen molar-refractivity contribution in [3.8, 4) is 0 Å². The fourth-order valence-electron chi connectivity index (χ4n) is 2.28. The lowest BCUT2D eigenvalue weighted by atomic mass is 10.0. The molecule has 3 heteroatoms. The molecule has 0 amide bonds. The zero-order chi connectivity index (χ0) is 10.8. The second-order valence-corrected chi connectivity index (χ2v) is 3.91. The quantitative estimate of drug-likeness (QED) is 0.785. The minimum absolute atomic E-state index is 0.408. The molecule has 2 N–H and O–H groups in total. The van der Waals surface area contributed by atoms with Crippen LogP contribution in [0.15, 0.2) is 18.2 Å². The van der Waals surface area contributed by atoms with E-state index in [9.17, 15) is 4.79 Å². The first-order chi connectivity index (χ1) is 7.22. The Bertz CT molecular complexity index is 387. The Morgan fingerprint density at radius 2 is 2.33 bits per heavy atom. The molecule has 0 heterocycles. The number of carbonyl (C=O) groups is 1. The average molecular weight is 205 g/mol. The summed E-state index contributed by atoms with van der Waals surface area (Å²) < 4.78 is 0. The molecule has 1 aliphatic carbocycles. The van der Waals surface area contributed by atoms with Gasteiger partial charge >= 0.3 is 5.97 Å². The highest BCUT2D eigenvalue weighted by Gasteiger charge is 2.24. The Morgan fingerprint density at radius 3 is 3.00 bits per heavy atom. The first-order valence-electron chi connectivity index (χ1n) is 5.29. The van der Waals surface area contributed by atoms with E-state index in [-0.39, 0.29) is 0 Å². The molecular weight excluding hydrogens is 190 g/mol. The summed E-state index contributed by atoms with van der Waals surface area (Å²) in [7, 11) is 0. The van der Waals surface area contributed by atoms with Gasteiger partial charge in [0.15, 0.2) is 0 Å². The number of hydrogen-bond acceptors (Lipinski definition) is 2. The number of fused-ring (bicyclic) bond motifs is 1. The zero-order valence-corrected chi connectivity index (χ0v) is 8.79. The number of rotatable bonds is 3. The van der Waals surface area contributed by atoms with Crippen LogP contribution < -0.4 is 5.32 Å². The standard InChI is InChI=1S/C12H15NO2/c1-2-13-9-6-8-4-3-5-10(12(14)15)11(8)7-9/h3-5,9,13H,2,6-7H2,1H3,(H,14,15). The lowest BCUT2D eigenvalue weighted by Gasteiger charge is -2.08. The molecule has 0 radical (unpaired) electrons. The predicted octanol–water partition coefficient (Wildman–Crippen LogP) is 1.46. The molecule has 2 rings (SSSR count). The molecule has 0 aromatic heterocycles. The van der Waals surface area contributed by atoms with Gasteiger partial charge in [-0.2, -0.15) is 0 Å². The van der Waals surface area contributed by atoms with Gasteiger partial charge in [-0.3, -0.25) is 0 Å². The fourth-order valence-corrected chi connectivity index (χ4v) is 2.28. The molecule has 15 heavy (non-hydrogen) atoms. The van der Waals surface area contributed by atoms with E-state index in [1.807, 2.05) is 12.1 Å². The van der Waals surface area contributed by atoms with Gasteiger partial charge in [0.2, 0.25) is 0 Å². The van der Waals surface area contributed by atoms with E-state index in [1.54, 1.807) is 6.07 Å². The monoisotopic (exact) mass is 205 g/mol. The summed E-state index contributed by atoms with van der Waals surface area (Å²) in [5, 5.41) is 12.4. The van der Waals surface area contributed by atoms with Gasteiger partial charge in [-0.25, -0.2) is 4.79 Å². The van der Waals surface area contributed by atoms with Crippen molar-refractivity contribution < 1.29 is 9.90 Å². The van der Waals surface area contributed by atoms with Crippen molar-refractivity contribution in [2.45, 2.75) is 25.8 Å². The Kier molecular flexibility index (Phi) is 2.73. The summed E-state index contributed by atoms with van der Waals surface area (Å²) in [5.74, 6) is -0.816. The highest BCUT2D eigenvalue weighted by Crippen LogP contribution is 2.25. The number of carboxylic acids is 1. The molecule has 0 saturated carbocycles. The molecule has 1 aromatic carbocycles. The molecule has 1 aromatic rings. The topological polar surface area (TPSA) is 49.3 Å². The number of likely N-dealkylation sites (N-methyl/N-ethyl adjacent to an activating group) is 1. The maximum absolute atomic E-state index is 11.0. The Labute approximate surface area is 89.1 Å². The second kappa shape index (κ2) is 4.03. The molecule has 0 spiro atoms. The van der Waals surface area contributed by atoms with E-state index in [1.165, 1.54) is 5.56 Å². The Hall–Kier alpha value is -1.35. The van der Waals surface area contributed by atoms with Crippen LogP contribution in [0.2, 0.25) is 0 Å². The van der Waals surface area contributed by atoms with Crippen LogP contribution >= 0.6 is 0 Å². The Morgan fingerprint density at radius 1 is 1.53 bits per heavy atom. The van der Waals surface area contributed by atoms with E-state index < -0.39 is 5.97 Å². The van der Waals surface area contributed by atoms with Crippen molar-refractivity contribution in [1.29, 1.82) is 0 Å². The summed E-state index contributed by atoms with van der Waals surface area (Å²) in [6, 6.07) is 5.95. The SMILES string of the molecule is CCNC1Cc2cccc(C(=O)O)c2C1. The van der Waals surface area contributed by atoms with Gasteiger partial charge in [-0.05, 0) is 36.6 Å². The maximum Gasteiger partial charge on any atom is 0.335 e.